The first-order chi connectivity index (χ1) is 13.3. The largest absolute Gasteiger partial charge is 0.417 e. The molecule has 0 spiro atoms. The van der Waals surface area contributed by atoms with Crippen LogP contribution in [0.15, 0.2) is 43.1 Å². The van der Waals surface area contributed by atoms with Gasteiger partial charge in [-0.3, -0.25) is 9.78 Å². The highest BCUT2D eigenvalue weighted by molar-refractivity contribution is 5.94. The predicted octanol–water partition coefficient (Wildman–Crippen LogP) is 2.44. The Labute approximate surface area is 156 Å². The second kappa shape index (κ2) is 7.43. The molecule has 3 aromatic heterocycles. The van der Waals surface area contributed by atoms with Crippen LogP contribution in [0.5, 0.6) is 0 Å². The Morgan fingerprint density at radius 3 is 2.68 bits per heavy atom. The predicted molar refractivity (Wildman–Crippen MR) is 89.0 cm³/mol. The van der Waals surface area contributed by atoms with E-state index in [0.29, 0.717) is 23.4 Å². The van der Waals surface area contributed by atoms with Crippen LogP contribution in [0.3, 0.4) is 0 Å². The first kappa shape index (κ1) is 19.0. The molecular weight excluding hydrogens is 375 g/mol. The van der Waals surface area contributed by atoms with Gasteiger partial charge in [0.1, 0.15) is 12.4 Å². The van der Waals surface area contributed by atoms with Crippen molar-refractivity contribution < 1.29 is 18.0 Å². The quantitative estimate of drug-likeness (QED) is 0.736. The zero-order valence-electron chi connectivity index (χ0n) is 14.3. The molecule has 0 aromatic carbocycles. The molecule has 0 fully saturated rings. The van der Waals surface area contributed by atoms with E-state index >= 15 is 0 Å². The average Bonchev–Trinajstić information content (AvgIpc) is 3.17. The molecule has 0 aliphatic heterocycles. The van der Waals surface area contributed by atoms with E-state index in [0.717, 1.165) is 12.3 Å². The second-order valence-electron chi connectivity index (χ2n) is 5.70. The molecule has 142 valence electrons. The van der Waals surface area contributed by atoms with Crippen LogP contribution in [0.4, 0.5) is 13.2 Å². The summed E-state index contributed by atoms with van der Waals surface area (Å²) in [5, 5.41) is 15.4. The van der Waals surface area contributed by atoms with Gasteiger partial charge < -0.3 is 5.32 Å². The first-order valence-corrected chi connectivity index (χ1v) is 7.89. The van der Waals surface area contributed by atoms with Crippen LogP contribution in [0.25, 0.3) is 5.82 Å². The van der Waals surface area contributed by atoms with Gasteiger partial charge in [-0.2, -0.15) is 28.2 Å². The van der Waals surface area contributed by atoms with Crippen molar-refractivity contribution in [1.29, 1.82) is 5.26 Å². The molecule has 11 heteroatoms. The topological polar surface area (TPSA) is 109 Å². The van der Waals surface area contributed by atoms with Crippen LogP contribution in [0, 0.1) is 11.3 Å². The van der Waals surface area contributed by atoms with Gasteiger partial charge in [0.2, 0.25) is 0 Å². The molecule has 1 amide bonds. The lowest BCUT2D eigenvalue weighted by atomic mass is 10.2. The number of carbonyl (C=O) groups excluding carboxylic acids is 1. The van der Waals surface area contributed by atoms with Crippen molar-refractivity contribution in [3.63, 3.8) is 0 Å². The molecule has 0 radical (unpaired) electrons. The van der Waals surface area contributed by atoms with Crippen LogP contribution >= 0.6 is 0 Å². The summed E-state index contributed by atoms with van der Waals surface area (Å²) < 4.78 is 39.7. The van der Waals surface area contributed by atoms with E-state index in [2.05, 4.69) is 25.4 Å². The van der Waals surface area contributed by atoms with Gasteiger partial charge in [-0.15, -0.1) is 0 Å². The molecule has 3 heterocycles. The Morgan fingerprint density at radius 2 is 2.04 bits per heavy atom. The lowest BCUT2D eigenvalue weighted by Gasteiger charge is -2.15. The summed E-state index contributed by atoms with van der Waals surface area (Å²) >= 11 is 0. The number of aromatic nitrogens is 5. The van der Waals surface area contributed by atoms with Crippen molar-refractivity contribution in [1.82, 2.24) is 30.0 Å². The number of halogens is 3. The SMILES string of the molecule is CC(NC(=O)c1cncc(C(F)(F)F)c1)c1ncnn1-c1ccc(C#N)cn1. The average molecular weight is 387 g/mol. The summed E-state index contributed by atoms with van der Waals surface area (Å²) in [7, 11) is 0. The van der Waals surface area contributed by atoms with Crippen LogP contribution in [0.2, 0.25) is 0 Å². The van der Waals surface area contributed by atoms with Crippen molar-refractivity contribution >= 4 is 5.91 Å². The number of hydrogen-bond acceptors (Lipinski definition) is 6. The number of nitrogens with zero attached hydrogens (tertiary/aromatic N) is 6. The summed E-state index contributed by atoms with van der Waals surface area (Å²) in [5.74, 6) is -0.0627. The minimum atomic E-state index is -4.60. The van der Waals surface area contributed by atoms with Crippen molar-refractivity contribution in [2.75, 3.05) is 0 Å². The van der Waals surface area contributed by atoms with Crippen molar-refractivity contribution in [2.24, 2.45) is 0 Å². The maximum Gasteiger partial charge on any atom is 0.417 e. The number of alkyl halides is 3. The highest BCUT2D eigenvalue weighted by Gasteiger charge is 2.31. The van der Waals surface area contributed by atoms with Crippen molar-refractivity contribution in [2.45, 2.75) is 19.1 Å². The van der Waals surface area contributed by atoms with E-state index in [1.165, 1.54) is 17.2 Å². The van der Waals surface area contributed by atoms with E-state index in [9.17, 15) is 18.0 Å². The summed E-state index contributed by atoms with van der Waals surface area (Å²) in [6.07, 6.45) is -0.296. The van der Waals surface area contributed by atoms with Gasteiger partial charge in [0, 0.05) is 18.6 Å². The van der Waals surface area contributed by atoms with Crippen LogP contribution in [-0.2, 0) is 6.18 Å². The first-order valence-electron chi connectivity index (χ1n) is 7.89. The normalized spacial score (nSPS) is 12.2. The number of nitriles is 1. The molecular formula is C17H12F3N7O. The smallest absolute Gasteiger partial charge is 0.342 e. The Hall–Kier alpha value is -3.81. The van der Waals surface area contributed by atoms with Crippen LogP contribution in [-0.4, -0.2) is 30.6 Å². The third-order valence-corrected chi connectivity index (χ3v) is 3.73. The molecule has 0 saturated heterocycles. The van der Waals surface area contributed by atoms with Gasteiger partial charge in [-0.25, -0.2) is 9.97 Å². The summed E-state index contributed by atoms with van der Waals surface area (Å²) in [4.78, 5) is 24.0. The van der Waals surface area contributed by atoms with Crippen LogP contribution in [0.1, 0.15) is 40.3 Å². The molecule has 8 nitrogen and oxygen atoms in total. The minimum absolute atomic E-state index is 0.232. The molecule has 3 rings (SSSR count). The second-order valence-corrected chi connectivity index (χ2v) is 5.70. The Kier molecular flexibility index (Phi) is 5.04. The number of rotatable bonds is 4. The maximum atomic E-state index is 12.8. The molecule has 3 aromatic rings. The molecule has 1 unspecified atom stereocenters. The van der Waals surface area contributed by atoms with Gasteiger partial charge in [-0.1, -0.05) is 0 Å². The van der Waals surface area contributed by atoms with E-state index in [-0.39, 0.29) is 5.56 Å². The summed E-state index contributed by atoms with van der Waals surface area (Å²) in [6.45, 7) is 1.60. The summed E-state index contributed by atoms with van der Waals surface area (Å²) in [6, 6.07) is 5.08. The minimum Gasteiger partial charge on any atom is -0.342 e. The fourth-order valence-electron chi connectivity index (χ4n) is 2.36. The fourth-order valence-corrected chi connectivity index (χ4v) is 2.36. The van der Waals surface area contributed by atoms with E-state index < -0.39 is 23.7 Å². The number of hydrogen-bond donors (Lipinski definition) is 1. The number of pyridine rings is 2. The fraction of sp³-hybridized carbons (Fsp3) is 0.176. The van der Waals surface area contributed by atoms with E-state index in [1.54, 1.807) is 19.1 Å². The van der Waals surface area contributed by atoms with Gasteiger partial charge in [-0.05, 0) is 25.1 Å². The molecule has 28 heavy (non-hydrogen) atoms. The molecule has 0 aliphatic rings. The third kappa shape index (κ3) is 3.96. The molecule has 0 aliphatic carbocycles. The molecule has 0 saturated carbocycles. The standard InChI is InChI=1S/C17H12F3N7O/c1-10(26-16(28)12-4-13(8-22-7-12)17(18,19)20)15-24-9-25-27(15)14-3-2-11(5-21)6-23-14/h2-4,6-10H,1H3,(H,26,28). The van der Waals surface area contributed by atoms with E-state index in [4.69, 9.17) is 5.26 Å². The monoisotopic (exact) mass is 387 g/mol. The molecule has 1 atom stereocenters. The van der Waals surface area contributed by atoms with Gasteiger partial charge in [0.15, 0.2) is 11.6 Å². The third-order valence-electron chi connectivity index (χ3n) is 3.73. The lowest BCUT2D eigenvalue weighted by Crippen LogP contribution is -2.29. The molecule has 0 bridgehead atoms. The Bertz CT molecular complexity index is 1040. The van der Waals surface area contributed by atoms with Crippen molar-refractivity contribution in [3.8, 4) is 11.9 Å². The maximum absolute atomic E-state index is 12.8. The van der Waals surface area contributed by atoms with Crippen molar-refractivity contribution in [3.05, 3.63) is 65.6 Å². The highest BCUT2D eigenvalue weighted by Crippen LogP contribution is 2.29. The highest BCUT2D eigenvalue weighted by atomic mass is 19.4. The van der Waals surface area contributed by atoms with Gasteiger partial charge >= 0.3 is 6.18 Å². The zero-order valence-corrected chi connectivity index (χ0v) is 14.3. The van der Waals surface area contributed by atoms with E-state index in [1.807, 2.05) is 6.07 Å². The van der Waals surface area contributed by atoms with Gasteiger partial charge in [0.05, 0.1) is 22.7 Å². The molecule has 1 N–H and O–H groups in total. The van der Waals surface area contributed by atoms with Crippen LogP contribution < -0.4 is 5.32 Å². The zero-order chi connectivity index (χ0) is 20.3. The Morgan fingerprint density at radius 1 is 1.25 bits per heavy atom. The van der Waals surface area contributed by atoms with Gasteiger partial charge in [0.25, 0.3) is 5.91 Å². The lowest BCUT2D eigenvalue weighted by molar-refractivity contribution is -0.137. The Balaban J connectivity index is 1.81. The number of carbonyl (C=O) groups is 1. The number of amides is 1. The number of nitrogens with one attached hydrogen (secondary N) is 1. The summed E-state index contributed by atoms with van der Waals surface area (Å²) in [5.41, 5.74) is -0.884.